The van der Waals surface area contributed by atoms with Crippen molar-refractivity contribution >= 4 is 38.9 Å². The van der Waals surface area contributed by atoms with Crippen LogP contribution < -0.4 is 4.72 Å². The van der Waals surface area contributed by atoms with Gasteiger partial charge in [0.2, 0.25) is 10.0 Å². The fraction of sp³-hybridized carbons (Fsp3) is 0.615. The van der Waals surface area contributed by atoms with Crippen molar-refractivity contribution in [2.45, 2.75) is 25.8 Å². The molecule has 1 aliphatic rings. The van der Waals surface area contributed by atoms with Gasteiger partial charge in [-0.15, -0.1) is 11.3 Å². The Balaban J connectivity index is 2.13. The summed E-state index contributed by atoms with van der Waals surface area (Å²) in [4.78, 5) is 14.7. The molecule has 5 nitrogen and oxygen atoms in total. The topological polar surface area (TPSA) is 66.5 Å². The summed E-state index contributed by atoms with van der Waals surface area (Å²) in [6, 6.07) is 1.48. The summed E-state index contributed by atoms with van der Waals surface area (Å²) in [6.07, 6.45) is 2.99. The molecule has 0 radical (unpaired) electrons. The van der Waals surface area contributed by atoms with E-state index in [0.29, 0.717) is 23.0 Å². The highest BCUT2D eigenvalue weighted by Crippen LogP contribution is 2.28. The molecule has 1 saturated heterocycles. The minimum absolute atomic E-state index is 0.117. The zero-order valence-electron chi connectivity index (χ0n) is 12.0. The molecule has 118 valence electrons. The molecule has 2 heterocycles. The molecule has 0 aliphatic carbocycles. The number of carbonyl (C=O) groups excluding carboxylic acids is 1. The Morgan fingerprint density at radius 1 is 1.52 bits per heavy atom. The maximum absolute atomic E-state index is 12.5. The first-order valence-corrected chi connectivity index (χ1v) is 9.96. The van der Waals surface area contributed by atoms with Gasteiger partial charge >= 0.3 is 0 Å². The molecule has 1 fully saturated rings. The molecule has 0 bridgehead atoms. The van der Waals surface area contributed by atoms with Crippen molar-refractivity contribution in [3.8, 4) is 0 Å². The van der Waals surface area contributed by atoms with Crippen molar-refractivity contribution < 1.29 is 13.2 Å². The lowest BCUT2D eigenvalue weighted by Gasteiger charge is -2.17. The minimum Gasteiger partial charge on any atom is -0.336 e. The number of hydrogen-bond donors (Lipinski definition) is 1. The quantitative estimate of drug-likeness (QED) is 0.885. The monoisotopic (exact) mass is 350 g/mol. The summed E-state index contributed by atoms with van der Waals surface area (Å²) < 4.78 is 25.6. The van der Waals surface area contributed by atoms with E-state index < -0.39 is 10.0 Å². The van der Waals surface area contributed by atoms with Gasteiger partial charge in [0.05, 0.1) is 11.3 Å². The van der Waals surface area contributed by atoms with Crippen LogP contribution in [0.2, 0.25) is 5.02 Å². The van der Waals surface area contributed by atoms with Crippen LogP contribution in [0.25, 0.3) is 0 Å². The highest BCUT2D eigenvalue weighted by Gasteiger charge is 2.37. The second-order valence-electron chi connectivity index (χ2n) is 5.35. The highest BCUT2D eigenvalue weighted by atomic mass is 35.5. The Morgan fingerprint density at radius 3 is 2.76 bits per heavy atom. The molecule has 0 unspecified atom stereocenters. The molecule has 1 aromatic heterocycles. The first-order valence-electron chi connectivity index (χ1n) is 6.81. The van der Waals surface area contributed by atoms with E-state index in [1.54, 1.807) is 16.3 Å². The lowest BCUT2D eigenvalue weighted by molar-refractivity contribution is 0.0790. The Morgan fingerprint density at radius 2 is 2.24 bits per heavy atom. The van der Waals surface area contributed by atoms with Gasteiger partial charge < -0.3 is 4.90 Å². The van der Waals surface area contributed by atoms with E-state index in [2.05, 4.69) is 11.6 Å². The summed E-state index contributed by atoms with van der Waals surface area (Å²) in [5, 5.41) is 2.23. The molecular formula is C13H19ClN2O3S2. The maximum Gasteiger partial charge on any atom is 0.265 e. The molecule has 1 aliphatic heterocycles. The number of halogens is 1. The van der Waals surface area contributed by atoms with Crippen LogP contribution >= 0.6 is 22.9 Å². The average Bonchev–Trinajstić information content (AvgIpc) is 2.95. The number of sulfonamides is 1. The van der Waals surface area contributed by atoms with Crippen LogP contribution in [0, 0.1) is 5.92 Å². The van der Waals surface area contributed by atoms with E-state index in [-0.39, 0.29) is 17.9 Å². The van der Waals surface area contributed by atoms with Crippen LogP contribution in [0.3, 0.4) is 0 Å². The van der Waals surface area contributed by atoms with Crippen molar-refractivity contribution in [1.29, 1.82) is 0 Å². The predicted octanol–water partition coefficient (Wildman–Crippen LogP) is 2.19. The third-order valence-corrected chi connectivity index (χ3v) is 5.62. The maximum atomic E-state index is 12.5. The molecule has 0 spiro atoms. The van der Waals surface area contributed by atoms with Gasteiger partial charge in [-0.3, -0.25) is 4.79 Å². The molecule has 0 aromatic carbocycles. The van der Waals surface area contributed by atoms with Gasteiger partial charge in [-0.05, 0) is 23.8 Å². The normalized spacial score (nSPS) is 22.7. The minimum atomic E-state index is -3.28. The molecule has 1 N–H and O–H groups in total. The molecule has 2 rings (SSSR count). The second kappa shape index (κ2) is 6.64. The highest BCUT2D eigenvalue weighted by molar-refractivity contribution is 7.88. The van der Waals surface area contributed by atoms with Crippen molar-refractivity contribution in [2.24, 2.45) is 5.92 Å². The van der Waals surface area contributed by atoms with Gasteiger partial charge in [-0.2, -0.15) is 0 Å². The van der Waals surface area contributed by atoms with Crippen LogP contribution in [-0.4, -0.2) is 44.6 Å². The van der Waals surface area contributed by atoms with Gasteiger partial charge in [-0.25, -0.2) is 13.1 Å². The summed E-state index contributed by atoms with van der Waals surface area (Å²) in [5.41, 5.74) is 0. The number of thiophene rings is 1. The summed E-state index contributed by atoms with van der Waals surface area (Å²) in [6.45, 7) is 3.01. The number of nitrogens with one attached hydrogen (secondary N) is 1. The lowest BCUT2D eigenvalue weighted by Crippen LogP contribution is -2.40. The predicted molar refractivity (Wildman–Crippen MR) is 85.4 cm³/mol. The number of likely N-dealkylation sites (tertiary alicyclic amines) is 1. The molecule has 1 aromatic rings. The molecular weight excluding hydrogens is 332 g/mol. The van der Waals surface area contributed by atoms with E-state index in [9.17, 15) is 13.2 Å². The Bertz CT molecular complexity index is 615. The molecule has 8 heteroatoms. The van der Waals surface area contributed by atoms with E-state index >= 15 is 0 Å². The SMILES string of the molecule is CCC[C@@H]1CN(C(=O)c2sccc2Cl)C[C@H]1NS(C)(=O)=O. The van der Waals surface area contributed by atoms with Gasteiger partial charge in [0.1, 0.15) is 4.88 Å². The molecule has 0 saturated carbocycles. The first-order chi connectivity index (χ1) is 9.81. The standard InChI is InChI=1S/C13H19ClN2O3S2/c1-3-4-9-7-16(8-11(9)15-21(2,18)19)13(17)12-10(14)5-6-20-12/h5-6,9,11,15H,3-4,7-8H2,1-2H3/t9-,11-/m1/s1. The number of rotatable bonds is 5. The molecule has 21 heavy (non-hydrogen) atoms. The van der Waals surface area contributed by atoms with Crippen molar-refractivity contribution in [3.05, 3.63) is 21.3 Å². The zero-order chi connectivity index (χ0) is 15.6. The summed E-state index contributed by atoms with van der Waals surface area (Å²) in [7, 11) is -3.28. The van der Waals surface area contributed by atoms with Gasteiger partial charge in [0.15, 0.2) is 0 Å². The third kappa shape index (κ3) is 4.18. The Hall–Kier alpha value is -0.630. The van der Waals surface area contributed by atoms with E-state index in [1.165, 1.54) is 11.3 Å². The third-order valence-electron chi connectivity index (χ3n) is 3.56. The molecule has 2 atom stereocenters. The average molecular weight is 351 g/mol. The van der Waals surface area contributed by atoms with Crippen LogP contribution in [0.5, 0.6) is 0 Å². The van der Waals surface area contributed by atoms with Crippen molar-refractivity contribution in [3.63, 3.8) is 0 Å². The Kier molecular flexibility index (Phi) is 5.29. The lowest BCUT2D eigenvalue weighted by atomic mass is 9.99. The van der Waals surface area contributed by atoms with Crippen LogP contribution in [-0.2, 0) is 10.0 Å². The van der Waals surface area contributed by atoms with Crippen LogP contribution in [0.4, 0.5) is 0 Å². The summed E-state index contributed by atoms with van der Waals surface area (Å²) in [5.74, 6) is 0.0290. The van der Waals surface area contributed by atoms with Gasteiger partial charge in [-0.1, -0.05) is 24.9 Å². The fourth-order valence-electron chi connectivity index (χ4n) is 2.70. The summed E-state index contributed by atoms with van der Waals surface area (Å²) >= 11 is 7.32. The van der Waals surface area contributed by atoms with Crippen molar-refractivity contribution in [1.82, 2.24) is 9.62 Å². The number of amides is 1. The van der Waals surface area contributed by atoms with E-state index in [1.807, 2.05) is 0 Å². The van der Waals surface area contributed by atoms with Crippen molar-refractivity contribution in [2.75, 3.05) is 19.3 Å². The van der Waals surface area contributed by atoms with Crippen LogP contribution in [0.1, 0.15) is 29.4 Å². The Labute approximate surface area is 134 Å². The number of carbonyl (C=O) groups is 1. The largest absolute Gasteiger partial charge is 0.336 e. The van der Waals surface area contributed by atoms with Crippen LogP contribution in [0.15, 0.2) is 11.4 Å². The van der Waals surface area contributed by atoms with E-state index in [4.69, 9.17) is 11.6 Å². The van der Waals surface area contributed by atoms with Gasteiger partial charge in [0.25, 0.3) is 5.91 Å². The molecule has 1 amide bonds. The zero-order valence-corrected chi connectivity index (χ0v) is 14.4. The smallest absolute Gasteiger partial charge is 0.265 e. The first kappa shape index (κ1) is 16.7. The number of nitrogens with zero attached hydrogens (tertiary/aromatic N) is 1. The van der Waals surface area contributed by atoms with Gasteiger partial charge in [0, 0.05) is 19.1 Å². The number of hydrogen-bond acceptors (Lipinski definition) is 4. The second-order valence-corrected chi connectivity index (χ2v) is 8.46. The van der Waals surface area contributed by atoms with E-state index in [0.717, 1.165) is 19.1 Å². The fourth-order valence-corrected chi connectivity index (χ4v) is 4.62.